The van der Waals surface area contributed by atoms with E-state index in [0.717, 1.165) is 26.1 Å². The van der Waals surface area contributed by atoms with Crippen LogP contribution in [0, 0.1) is 0 Å². The summed E-state index contributed by atoms with van der Waals surface area (Å²) in [5.41, 5.74) is 0.860. The van der Waals surface area contributed by atoms with E-state index in [1.165, 1.54) is 43.5 Å². The summed E-state index contributed by atoms with van der Waals surface area (Å²) >= 11 is 5.81. The van der Waals surface area contributed by atoms with Crippen LogP contribution in [0.1, 0.15) is 36.0 Å². The number of piperidine rings is 1. The predicted molar refractivity (Wildman–Crippen MR) is 116 cm³/mol. The molecule has 0 atom stereocenters. The van der Waals surface area contributed by atoms with Gasteiger partial charge in [0, 0.05) is 22.8 Å². The highest BCUT2D eigenvalue weighted by atomic mass is 35.5. The molecule has 0 aliphatic carbocycles. The number of halogens is 1. The average molecular weight is 436 g/mol. The van der Waals surface area contributed by atoms with Crippen LogP contribution in [0.3, 0.4) is 0 Å². The minimum atomic E-state index is -3.73. The van der Waals surface area contributed by atoms with E-state index in [2.05, 4.69) is 14.9 Å². The molecule has 0 bridgehead atoms. The first kappa shape index (κ1) is 21.6. The topological polar surface area (TPSA) is 78.5 Å². The Morgan fingerprint density at radius 2 is 1.62 bits per heavy atom. The molecule has 0 aromatic heterocycles. The van der Waals surface area contributed by atoms with E-state index in [-0.39, 0.29) is 10.8 Å². The lowest BCUT2D eigenvalue weighted by atomic mass is 10.1. The molecule has 3 rings (SSSR count). The van der Waals surface area contributed by atoms with Gasteiger partial charge in [-0.1, -0.05) is 18.0 Å². The molecule has 0 spiro atoms. The average Bonchev–Trinajstić information content (AvgIpc) is 2.73. The summed E-state index contributed by atoms with van der Waals surface area (Å²) < 4.78 is 27.5. The lowest BCUT2D eigenvalue weighted by Gasteiger charge is -2.26. The third-order valence-corrected chi connectivity index (χ3v) is 6.56. The van der Waals surface area contributed by atoms with Crippen molar-refractivity contribution in [2.45, 2.75) is 30.6 Å². The highest BCUT2D eigenvalue weighted by Crippen LogP contribution is 2.19. The van der Waals surface area contributed by atoms with Crippen molar-refractivity contribution in [1.29, 1.82) is 0 Å². The van der Waals surface area contributed by atoms with Gasteiger partial charge < -0.3 is 10.2 Å². The molecule has 0 saturated carbocycles. The third-order valence-electron chi connectivity index (χ3n) is 4.91. The maximum absolute atomic E-state index is 12.5. The normalized spacial score (nSPS) is 15.1. The summed E-state index contributed by atoms with van der Waals surface area (Å²) in [5.74, 6) is -0.196. The summed E-state index contributed by atoms with van der Waals surface area (Å²) in [5, 5.41) is 3.43. The largest absolute Gasteiger partial charge is 0.352 e. The highest BCUT2D eigenvalue weighted by Gasteiger charge is 2.15. The van der Waals surface area contributed by atoms with Crippen molar-refractivity contribution >= 4 is 33.2 Å². The number of sulfonamides is 1. The Balaban J connectivity index is 1.50. The van der Waals surface area contributed by atoms with Gasteiger partial charge in [-0.15, -0.1) is 0 Å². The molecule has 2 N–H and O–H groups in total. The number of likely N-dealkylation sites (tertiary alicyclic amines) is 1. The molecule has 1 saturated heterocycles. The molecule has 2 aromatic carbocycles. The number of anilines is 1. The van der Waals surface area contributed by atoms with Gasteiger partial charge in [-0.3, -0.25) is 9.52 Å². The van der Waals surface area contributed by atoms with Gasteiger partial charge in [0.15, 0.2) is 0 Å². The van der Waals surface area contributed by atoms with Gasteiger partial charge in [-0.2, -0.15) is 0 Å². The molecule has 6 nitrogen and oxygen atoms in total. The van der Waals surface area contributed by atoms with Gasteiger partial charge in [-0.05, 0) is 87.4 Å². The van der Waals surface area contributed by atoms with Gasteiger partial charge in [0.25, 0.3) is 15.9 Å². The number of hydrogen-bond donors (Lipinski definition) is 2. The Labute approximate surface area is 177 Å². The smallest absolute Gasteiger partial charge is 0.261 e. The first-order valence-electron chi connectivity index (χ1n) is 9.83. The van der Waals surface area contributed by atoms with E-state index in [0.29, 0.717) is 22.8 Å². The van der Waals surface area contributed by atoms with Crippen LogP contribution >= 0.6 is 11.6 Å². The van der Waals surface area contributed by atoms with E-state index in [1.807, 2.05) is 0 Å². The molecule has 156 valence electrons. The molecule has 1 aliphatic heterocycles. The van der Waals surface area contributed by atoms with Gasteiger partial charge in [-0.25, -0.2) is 8.42 Å². The summed E-state index contributed by atoms with van der Waals surface area (Å²) in [6.07, 6.45) is 4.74. The summed E-state index contributed by atoms with van der Waals surface area (Å²) in [7, 11) is -3.73. The first-order chi connectivity index (χ1) is 13.9. The standard InChI is InChI=1S/C21H26ClN3O3S/c22-18-7-9-19(10-8-18)24-29(27,28)20-11-5-17(6-12-20)21(26)23-13-4-16-25-14-2-1-3-15-25/h5-12,24H,1-4,13-16H2,(H,23,26). The number of nitrogens with zero attached hydrogens (tertiary/aromatic N) is 1. The fourth-order valence-electron chi connectivity index (χ4n) is 3.31. The summed E-state index contributed by atoms with van der Waals surface area (Å²) in [6, 6.07) is 12.3. The van der Waals surface area contributed by atoms with E-state index in [9.17, 15) is 13.2 Å². The number of nitrogens with one attached hydrogen (secondary N) is 2. The Kier molecular flexibility index (Phi) is 7.52. The predicted octanol–water partition coefficient (Wildman–Crippen LogP) is 3.75. The van der Waals surface area contributed by atoms with Crippen molar-refractivity contribution in [2.24, 2.45) is 0 Å². The third kappa shape index (κ3) is 6.45. The molecule has 2 aromatic rings. The second-order valence-corrected chi connectivity index (χ2v) is 9.27. The van der Waals surface area contributed by atoms with Gasteiger partial charge in [0.2, 0.25) is 0 Å². The molecule has 0 unspecified atom stereocenters. The Hall–Kier alpha value is -2.09. The second kappa shape index (κ2) is 10.1. The molecule has 29 heavy (non-hydrogen) atoms. The van der Waals surface area contributed by atoms with Crippen LogP contribution in [-0.2, 0) is 10.0 Å². The van der Waals surface area contributed by atoms with Crippen LogP contribution in [0.5, 0.6) is 0 Å². The SMILES string of the molecule is O=C(NCCCN1CCCCC1)c1ccc(S(=O)(=O)Nc2ccc(Cl)cc2)cc1. The number of benzene rings is 2. The van der Waals surface area contributed by atoms with Crippen LogP contribution in [-0.4, -0.2) is 45.4 Å². The highest BCUT2D eigenvalue weighted by molar-refractivity contribution is 7.92. The molecule has 1 heterocycles. The molecule has 1 fully saturated rings. The van der Waals surface area contributed by atoms with Crippen molar-refractivity contribution in [1.82, 2.24) is 10.2 Å². The zero-order valence-corrected chi connectivity index (χ0v) is 17.8. The van der Waals surface area contributed by atoms with Crippen LogP contribution < -0.4 is 10.0 Å². The van der Waals surface area contributed by atoms with Gasteiger partial charge >= 0.3 is 0 Å². The monoisotopic (exact) mass is 435 g/mol. The quantitative estimate of drug-likeness (QED) is 0.619. The summed E-state index contributed by atoms with van der Waals surface area (Å²) in [6.45, 7) is 3.89. The van der Waals surface area contributed by atoms with Crippen molar-refractivity contribution in [3.63, 3.8) is 0 Å². The lowest BCUT2D eigenvalue weighted by Crippen LogP contribution is -2.33. The molecule has 8 heteroatoms. The minimum Gasteiger partial charge on any atom is -0.352 e. The second-order valence-electron chi connectivity index (χ2n) is 7.15. The number of amides is 1. The number of carbonyl (C=O) groups excluding carboxylic acids is 1. The zero-order valence-electron chi connectivity index (χ0n) is 16.2. The zero-order chi connectivity index (χ0) is 20.7. The molecule has 0 radical (unpaired) electrons. The van der Waals surface area contributed by atoms with E-state index in [1.54, 1.807) is 24.3 Å². The molecular weight excluding hydrogens is 410 g/mol. The fourth-order valence-corrected chi connectivity index (χ4v) is 4.49. The van der Waals surface area contributed by atoms with Crippen LogP contribution in [0.25, 0.3) is 0 Å². The Morgan fingerprint density at radius 3 is 2.28 bits per heavy atom. The van der Waals surface area contributed by atoms with E-state index < -0.39 is 10.0 Å². The first-order valence-corrected chi connectivity index (χ1v) is 11.7. The number of hydrogen-bond acceptors (Lipinski definition) is 4. The van der Waals surface area contributed by atoms with Crippen LogP contribution in [0.15, 0.2) is 53.4 Å². The summed E-state index contributed by atoms with van der Waals surface area (Å²) in [4.78, 5) is 14.8. The molecular formula is C21H26ClN3O3S. The number of rotatable bonds is 8. The Bertz CT molecular complexity index is 909. The number of carbonyl (C=O) groups is 1. The fraction of sp³-hybridized carbons (Fsp3) is 0.381. The molecule has 1 aliphatic rings. The minimum absolute atomic E-state index is 0.0918. The van der Waals surface area contributed by atoms with Crippen molar-refractivity contribution in [3.05, 3.63) is 59.1 Å². The molecule has 1 amide bonds. The Morgan fingerprint density at radius 1 is 0.966 bits per heavy atom. The van der Waals surface area contributed by atoms with Crippen molar-refractivity contribution < 1.29 is 13.2 Å². The van der Waals surface area contributed by atoms with Gasteiger partial charge in [0.05, 0.1) is 4.90 Å². The lowest BCUT2D eigenvalue weighted by molar-refractivity contribution is 0.0951. The van der Waals surface area contributed by atoms with E-state index in [4.69, 9.17) is 11.6 Å². The maximum Gasteiger partial charge on any atom is 0.261 e. The van der Waals surface area contributed by atoms with E-state index >= 15 is 0 Å². The maximum atomic E-state index is 12.5. The van der Waals surface area contributed by atoms with Crippen LogP contribution in [0.2, 0.25) is 5.02 Å². The van der Waals surface area contributed by atoms with Gasteiger partial charge in [0.1, 0.15) is 0 Å². The van der Waals surface area contributed by atoms with Crippen molar-refractivity contribution in [2.75, 3.05) is 30.9 Å². The van der Waals surface area contributed by atoms with Crippen molar-refractivity contribution in [3.8, 4) is 0 Å². The van der Waals surface area contributed by atoms with Crippen LogP contribution in [0.4, 0.5) is 5.69 Å².